The molecule has 18 heavy (non-hydrogen) atoms. The van der Waals surface area contributed by atoms with Gasteiger partial charge in [-0.1, -0.05) is 0 Å². The number of hydrogen-bond acceptors (Lipinski definition) is 4. The van der Waals surface area contributed by atoms with Crippen molar-refractivity contribution in [2.45, 2.75) is 13.0 Å². The molecule has 2 amide bonds. The molecule has 1 atom stereocenters. The van der Waals surface area contributed by atoms with Crippen LogP contribution in [0.4, 0.5) is 0 Å². The topological polar surface area (TPSA) is 82.8 Å². The molecule has 0 aromatic carbocycles. The third kappa shape index (κ3) is 4.50. The highest BCUT2D eigenvalue weighted by atomic mass is 79.9. The lowest BCUT2D eigenvalue weighted by atomic mass is 10.3. The van der Waals surface area contributed by atoms with E-state index in [4.69, 9.17) is 9.52 Å². The molecule has 0 bridgehead atoms. The lowest BCUT2D eigenvalue weighted by Crippen LogP contribution is -2.40. The normalized spacial score (nSPS) is 12.0. The fraction of sp³-hybridized carbons (Fsp3) is 0.455. The van der Waals surface area contributed by atoms with E-state index in [9.17, 15) is 9.59 Å². The summed E-state index contributed by atoms with van der Waals surface area (Å²) >= 11 is 3.08. The fourth-order valence-electron chi connectivity index (χ4n) is 1.31. The van der Waals surface area contributed by atoms with E-state index in [-0.39, 0.29) is 24.8 Å². The Hall–Kier alpha value is -1.34. The van der Waals surface area contributed by atoms with Crippen LogP contribution in [-0.4, -0.2) is 48.1 Å². The van der Waals surface area contributed by atoms with Gasteiger partial charge in [-0.3, -0.25) is 9.59 Å². The monoisotopic (exact) mass is 318 g/mol. The van der Waals surface area contributed by atoms with Gasteiger partial charge < -0.3 is 19.7 Å². The molecule has 0 radical (unpaired) electrons. The van der Waals surface area contributed by atoms with Gasteiger partial charge in [0.2, 0.25) is 5.91 Å². The number of carbonyl (C=O) groups excluding carboxylic acids is 2. The third-order valence-electron chi connectivity index (χ3n) is 2.16. The van der Waals surface area contributed by atoms with Crippen molar-refractivity contribution in [3.8, 4) is 0 Å². The number of furan rings is 1. The van der Waals surface area contributed by atoms with Gasteiger partial charge in [0.15, 0.2) is 10.4 Å². The van der Waals surface area contributed by atoms with Crippen LogP contribution in [0.3, 0.4) is 0 Å². The van der Waals surface area contributed by atoms with Gasteiger partial charge in [0.25, 0.3) is 5.91 Å². The number of halogens is 1. The summed E-state index contributed by atoms with van der Waals surface area (Å²) in [6.45, 7) is 1.67. The van der Waals surface area contributed by atoms with Crippen molar-refractivity contribution < 1.29 is 19.1 Å². The summed E-state index contributed by atoms with van der Waals surface area (Å²) in [6.07, 6.45) is -0.601. The van der Waals surface area contributed by atoms with Gasteiger partial charge in [-0.2, -0.15) is 0 Å². The van der Waals surface area contributed by atoms with E-state index in [1.165, 1.54) is 11.0 Å². The number of aliphatic hydroxyl groups excluding tert-OH is 1. The third-order valence-corrected chi connectivity index (χ3v) is 2.59. The molecule has 100 valence electrons. The molecule has 0 aliphatic rings. The first kappa shape index (κ1) is 14.7. The van der Waals surface area contributed by atoms with Gasteiger partial charge in [0.1, 0.15) is 0 Å². The van der Waals surface area contributed by atoms with Crippen molar-refractivity contribution in [1.29, 1.82) is 0 Å². The smallest absolute Gasteiger partial charge is 0.287 e. The zero-order chi connectivity index (χ0) is 13.7. The zero-order valence-corrected chi connectivity index (χ0v) is 11.7. The number of hydrogen-bond donors (Lipinski definition) is 2. The highest BCUT2D eigenvalue weighted by molar-refractivity contribution is 9.10. The molecular formula is C11H15BrN2O4. The maximum Gasteiger partial charge on any atom is 0.287 e. The summed E-state index contributed by atoms with van der Waals surface area (Å²) in [5.41, 5.74) is 0. The van der Waals surface area contributed by atoms with Gasteiger partial charge in [0, 0.05) is 13.6 Å². The molecule has 1 aromatic heterocycles. The molecule has 0 aliphatic heterocycles. The number of nitrogens with one attached hydrogen (secondary N) is 1. The molecule has 0 spiro atoms. The molecule has 2 N–H and O–H groups in total. The lowest BCUT2D eigenvalue weighted by molar-refractivity contribution is -0.129. The standard InChI is InChI=1S/C11H15BrN2O4/c1-7(15)6-14(2)10(16)5-13-11(17)8-3-4-9(12)18-8/h3-4,7,15H,5-6H2,1-2H3,(H,13,17). The first-order valence-electron chi connectivity index (χ1n) is 5.35. The molecule has 0 aliphatic carbocycles. The second-order valence-electron chi connectivity index (χ2n) is 3.91. The largest absolute Gasteiger partial charge is 0.444 e. The van der Waals surface area contributed by atoms with Crippen LogP contribution < -0.4 is 5.32 Å². The molecule has 0 saturated carbocycles. The van der Waals surface area contributed by atoms with Crippen molar-refractivity contribution in [3.05, 3.63) is 22.6 Å². The van der Waals surface area contributed by atoms with Gasteiger partial charge in [-0.15, -0.1) is 0 Å². The Bertz CT molecular complexity index is 430. The van der Waals surface area contributed by atoms with E-state index in [0.717, 1.165) is 0 Å². The summed E-state index contributed by atoms with van der Waals surface area (Å²) in [6, 6.07) is 3.10. The predicted molar refractivity (Wildman–Crippen MR) is 68.1 cm³/mol. The van der Waals surface area contributed by atoms with Gasteiger partial charge in [-0.05, 0) is 35.0 Å². The summed E-state index contributed by atoms with van der Waals surface area (Å²) in [5.74, 6) is -0.609. The van der Waals surface area contributed by atoms with Crippen molar-refractivity contribution in [2.75, 3.05) is 20.1 Å². The Kier molecular flexibility index (Phi) is 5.36. The highest BCUT2D eigenvalue weighted by Crippen LogP contribution is 2.13. The molecule has 1 unspecified atom stereocenters. The Labute approximate surface area is 113 Å². The van der Waals surface area contributed by atoms with E-state index >= 15 is 0 Å². The summed E-state index contributed by atoms with van der Waals surface area (Å²) in [5, 5.41) is 11.6. The van der Waals surface area contributed by atoms with E-state index in [1.54, 1.807) is 20.0 Å². The minimum atomic E-state index is -0.601. The number of amides is 2. The Morgan fingerprint density at radius 3 is 2.72 bits per heavy atom. The molecule has 0 saturated heterocycles. The van der Waals surface area contributed by atoms with Gasteiger partial charge >= 0.3 is 0 Å². The minimum absolute atomic E-state index is 0.132. The first-order valence-corrected chi connectivity index (χ1v) is 6.15. The predicted octanol–water partition coefficient (Wildman–Crippen LogP) is 0.611. The zero-order valence-electron chi connectivity index (χ0n) is 10.1. The second-order valence-corrected chi connectivity index (χ2v) is 4.69. The number of rotatable bonds is 5. The molecule has 1 heterocycles. The van der Waals surface area contributed by atoms with Crippen LogP contribution in [0.5, 0.6) is 0 Å². The molecule has 1 aromatic rings. The molecule has 6 nitrogen and oxygen atoms in total. The van der Waals surface area contributed by atoms with E-state index in [2.05, 4.69) is 21.2 Å². The van der Waals surface area contributed by atoms with Crippen LogP contribution in [0.25, 0.3) is 0 Å². The van der Waals surface area contributed by atoms with Crippen molar-refractivity contribution >= 4 is 27.7 Å². The highest BCUT2D eigenvalue weighted by Gasteiger charge is 2.14. The second kappa shape index (κ2) is 6.55. The Balaban J connectivity index is 2.41. The van der Waals surface area contributed by atoms with Crippen LogP contribution in [-0.2, 0) is 4.79 Å². The molecular weight excluding hydrogens is 304 g/mol. The number of carbonyl (C=O) groups is 2. The maximum absolute atomic E-state index is 11.6. The molecule has 0 fully saturated rings. The molecule has 7 heteroatoms. The summed E-state index contributed by atoms with van der Waals surface area (Å²) in [4.78, 5) is 24.5. The maximum atomic E-state index is 11.6. The number of nitrogens with zero attached hydrogens (tertiary/aromatic N) is 1. The quantitative estimate of drug-likeness (QED) is 0.833. The Morgan fingerprint density at radius 1 is 1.56 bits per heavy atom. The SMILES string of the molecule is CC(O)CN(C)C(=O)CNC(=O)c1ccc(Br)o1. The lowest BCUT2D eigenvalue weighted by Gasteiger charge is -2.18. The van der Waals surface area contributed by atoms with Crippen LogP contribution in [0.2, 0.25) is 0 Å². The average Bonchev–Trinajstić information content (AvgIpc) is 2.71. The summed E-state index contributed by atoms with van der Waals surface area (Å²) < 4.78 is 5.49. The number of likely N-dealkylation sites (N-methyl/N-ethyl adjacent to an activating group) is 1. The fourth-order valence-corrected chi connectivity index (χ4v) is 1.62. The van der Waals surface area contributed by atoms with Crippen molar-refractivity contribution in [3.63, 3.8) is 0 Å². The van der Waals surface area contributed by atoms with Gasteiger partial charge in [-0.25, -0.2) is 0 Å². The molecule has 1 rings (SSSR count). The Morgan fingerprint density at radius 2 is 2.22 bits per heavy atom. The van der Waals surface area contributed by atoms with Gasteiger partial charge in [0.05, 0.1) is 12.6 Å². The van der Waals surface area contributed by atoms with Crippen LogP contribution >= 0.6 is 15.9 Å². The van der Waals surface area contributed by atoms with E-state index in [0.29, 0.717) is 4.67 Å². The minimum Gasteiger partial charge on any atom is -0.444 e. The first-order chi connectivity index (χ1) is 8.40. The van der Waals surface area contributed by atoms with Crippen molar-refractivity contribution in [1.82, 2.24) is 10.2 Å². The summed E-state index contributed by atoms with van der Waals surface area (Å²) in [7, 11) is 1.56. The van der Waals surface area contributed by atoms with Crippen LogP contribution in [0, 0.1) is 0 Å². The van der Waals surface area contributed by atoms with Crippen LogP contribution in [0.1, 0.15) is 17.5 Å². The average molecular weight is 319 g/mol. The van der Waals surface area contributed by atoms with E-state index in [1.807, 2.05) is 0 Å². The van der Waals surface area contributed by atoms with Crippen molar-refractivity contribution in [2.24, 2.45) is 0 Å². The number of aliphatic hydroxyl groups is 1. The van der Waals surface area contributed by atoms with Crippen LogP contribution in [0.15, 0.2) is 21.2 Å². The van der Waals surface area contributed by atoms with E-state index < -0.39 is 12.0 Å².